The highest BCUT2D eigenvalue weighted by atomic mass is 32.2. The van der Waals surface area contributed by atoms with Crippen molar-refractivity contribution in [1.82, 2.24) is 4.90 Å². The lowest BCUT2D eigenvalue weighted by Crippen LogP contribution is -2.36. The average molecular weight is 450 g/mol. The van der Waals surface area contributed by atoms with Crippen LogP contribution in [0.2, 0.25) is 0 Å². The number of carbonyl (C=O) groups excluding carboxylic acids is 2. The zero-order valence-electron chi connectivity index (χ0n) is 18.1. The van der Waals surface area contributed by atoms with Gasteiger partial charge in [-0.15, -0.1) is 0 Å². The first kappa shape index (κ1) is 23.4. The van der Waals surface area contributed by atoms with Crippen molar-refractivity contribution in [3.05, 3.63) is 102 Å². The minimum absolute atomic E-state index is 0.236. The van der Waals surface area contributed by atoms with Crippen LogP contribution in [0.4, 0.5) is 0 Å². The summed E-state index contributed by atoms with van der Waals surface area (Å²) in [5, 5.41) is 0. The van der Waals surface area contributed by atoms with E-state index in [1.807, 2.05) is 60.7 Å². The quantitative estimate of drug-likeness (QED) is 0.434. The Morgan fingerprint density at radius 2 is 1.44 bits per heavy atom. The Hall–Kier alpha value is -3.25. The smallest absolute Gasteiger partial charge is 0.339 e. The second-order valence-corrected chi connectivity index (χ2v) is 8.95. The van der Waals surface area contributed by atoms with Gasteiger partial charge in [-0.2, -0.15) is 0 Å². The molecule has 6 heteroatoms. The molecule has 0 aliphatic carbocycles. The first-order valence-corrected chi connectivity index (χ1v) is 11.9. The van der Waals surface area contributed by atoms with Gasteiger partial charge in [0.2, 0.25) is 0 Å². The molecule has 5 nitrogen and oxygen atoms in total. The highest BCUT2D eigenvalue weighted by Crippen LogP contribution is 2.15. The lowest BCUT2D eigenvalue weighted by molar-refractivity contribution is -0.135. The summed E-state index contributed by atoms with van der Waals surface area (Å²) in [7, 11) is -1.29. The summed E-state index contributed by atoms with van der Waals surface area (Å²) < 4.78 is 17.6. The highest BCUT2D eigenvalue weighted by Gasteiger charge is 2.20. The fourth-order valence-electron chi connectivity index (χ4n) is 3.29. The summed E-state index contributed by atoms with van der Waals surface area (Å²) >= 11 is 0. The molecule has 0 aliphatic rings. The van der Waals surface area contributed by atoms with Crippen molar-refractivity contribution in [2.75, 3.05) is 18.9 Å². The Morgan fingerprint density at radius 3 is 2.09 bits per heavy atom. The van der Waals surface area contributed by atoms with Gasteiger partial charge in [0.05, 0.1) is 21.3 Å². The van der Waals surface area contributed by atoms with Gasteiger partial charge < -0.3 is 9.64 Å². The Morgan fingerprint density at radius 1 is 0.844 bits per heavy atom. The standard InChI is InChI=1S/C26H27NO4S/c1-2-32(30)24-16-10-9-15-23(24)26(29)31-20-25(28)27(19-22-13-7-4-8-14-22)18-17-21-11-5-3-6-12-21/h3-16H,2,17-20H2,1H3. The minimum Gasteiger partial charge on any atom is -0.452 e. The Balaban J connectivity index is 1.67. The summed E-state index contributed by atoms with van der Waals surface area (Å²) in [5.74, 6) is -0.515. The lowest BCUT2D eigenvalue weighted by atomic mass is 10.1. The van der Waals surface area contributed by atoms with Crippen LogP contribution in [-0.2, 0) is 33.3 Å². The van der Waals surface area contributed by atoms with Gasteiger partial charge in [-0.1, -0.05) is 79.7 Å². The predicted octanol–water partition coefficient (Wildman–Crippen LogP) is 4.24. The SMILES string of the molecule is CCS(=O)c1ccccc1C(=O)OCC(=O)N(CCc1ccccc1)Cc1ccccc1. The lowest BCUT2D eigenvalue weighted by Gasteiger charge is -2.23. The number of nitrogens with zero attached hydrogens (tertiary/aromatic N) is 1. The summed E-state index contributed by atoms with van der Waals surface area (Å²) in [6, 6.07) is 26.3. The normalized spacial score (nSPS) is 11.5. The second kappa shape index (κ2) is 12.0. The van der Waals surface area contributed by atoms with Crippen LogP contribution in [-0.4, -0.2) is 39.9 Å². The summed E-state index contributed by atoms with van der Waals surface area (Å²) in [5.41, 5.74) is 2.37. The van der Waals surface area contributed by atoms with Crippen LogP contribution in [0.25, 0.3) is 0 Å². The highest BCUT2D eigenvalue weighted by molar-refractivity contribution is 7.85. The maximum atomic E-state index is 13.0. The van der Waals surface area contributed by atoms with Crippen molar-refractivity contribution >= 4 is 22.7 Å². The van der Waals surface area contributed by atoms with E-state index < -0.39 is 16.8 Å². The minimum atomic E-state index is -1.29. The van der Waals surface area contributed by atoms with Crippen molar-refractivity contribution in [1.29, 1.82) is 0 Å². The largest absolute Gasteiger partial charge is 0.452 e. The van der Waals surface area contributed by atoms with Crippen molar-refractivity contribution in [3.63, 3.8) is 0 Å². The number of hydrogen-bond acceptors (Lipinski definition) is 4. The van der Waals surface area contributed by atoms with Crippen molar-refractivity contribution in [2.24, 2.45) is 0 Å². The molecule has 0 N–H and O–H groups in total. The first-order valence-electron chi connectivity index (χ1n) is 10.6. The van der Waals surface area contributed by atoms with Crippen molar-refractivity contribution in [2.45, 2.75) is 24.8 Å². The zero-order chi connectivity index (χ0) is 22.8. The van der Waals surface area contributed by atoms with Crippen LogP contribution in [0, 0.1) is 0 Å². The fourth-order valence-corrected chi connectivity index (χ4v) is 4.23. The Bertz CT molecular complexity index is 1050. The van der Waals surface area contributed by atoms with Gasteiger partial charge in [0, 0.05) is 18.8 Å². The molecule has 0 heterocycles. The zero-order valence-corrected chi connectivity index (χ0v) is 18.9. The van der Waals surface area contributed by atoms with Gasteiger partial charge in [-0.25, -0.2) is 4.79 Å². The van der Waals surface area contributed by atoms with E-state index >= 15 is 0 Å². The molecule has 0 saturated carbocycles. The molecular weight excluding hydrogens is 422 g/mol. The number of amides is 1. The first-order chi connectivity index (χ1) is 15.6. The van der Waals surface area contributed by atoms with E-state index in [0.29, 0.717) is 30.2 Å². The number of carbonyl (C=O) groups is 2. The van der Waals surface area contributed by atoms with E-state index in [0.717, 1.165) is 11.1 Å². The third-order valence-electron chi connectivity index (χ3n) is 5.02. The molecule has 1 atom stereocenters. The molecular formula is C26H27NO4S. The number of benzene rings is 3. The summed E-state index contributed by atoms with van der Waals surface area (Å²) in [4.78, 5) is 27.7. The van der Waals surface area contributed by atoms with E-state index in [4.69, 9.17) is 4.74 Å². The van der Waals surface area contributed by atoms with Crippen LogP contribution < -0.4 is 0 Å². The second-order valence-electron chi connectivity index (χ2n) is 7.24. The van der Waals surface area contributed by atoms with Crippen LogP contribution in [0.15, 0.2) is 89.8 Å². The van der Waals surface area contributed by atoms with Gasteiger partial charge in [0.1, 0.15) is 0 Å². The van der Waals surface area contributed by atoms with Crippen LogP contribution in [0.1, 0.15) is 28.4 Å². The van der Waals surface area contributed by atoms with E-state index in [1.165, 1.54) is 0 Å². The number of hydrogen-bond donors (Lipinski definition) is 0. The van der Waals surface area contributed by atoms with Gasteiger partial charge in [0.15, 0.2) is 6.61 Å². The Kier molecular flexibility index (Phi) is 8.75. The van der Waals surface area contributed by atoms with Gasteiger partial charge in [-0.3, -0.25) is 9.00 Å². The molecule has 0 aliphatic heterocycles. The number of esters is 1. The van der Waals surface area contributed by atoms with E-state index in [9.17, 15) is 13.8 Å². The van der Waals surface area contributed by atoms with Crippen LogP contribution in [0.3, 0.4) is 0 Å². The van der Waals surface area contributed by atoms with E-state index in [-0.39, 0.29) is 18.1 Å². The summed E-state index contributed by atoms with van der Waals surface area (Å²) in [6.45, 7) is 2.36. The maximum absolute atomic E-state index is 13.0. The average Bonchev–Trinajstić information content (AvgIpc) is 2.85. The third kappa shape index (κ3) is 6.62. The Labute approximate surface area is 191 Å². The topological polar surface area (TPSA) is 63.7 Å². The van der Waals surface area contributed by atoms with Crippen molar-refractivity contribution < 1.29 is 18.5 Å². The molecule has 0 radical (unpaired) electrons. The molecule has 1 unspecified atom stereocenters. The van der Waals surface area contributed by atoms with E-state index in [2.05, 4.69) is 0 Å². The molecule has 0 aromatic heterocycles. The summed E-state index contributed by atoms with van der Waals surface area (Å²) in [6.07, 6.45) is 0.700. The molecule has 32 heavy (non-hydrogen) atoms. The molecule has 3 rings (SSSR count). The predicted molar refractivity (Wildman–Crippen MR) is 126 cm³/mol. The molecule has 0 fully saturated rings. The van der Waals surface area contributed by atoms with Crippen LogP contribution in [0.5, 0.6) is 0 Å². The molecule has 0 saturated heterocycles. The van der Waals surface area contributed by atoms with Gasteiger partial charge >= 0.3 is 5.97 Å². The molecule has 3 aromatic carbocycles. The molecule has 0 bridgehead atoms. The van der Waals surface area contributed by atoms with Gasteiger partial charge in [0.25, 0.3) is 5.91 Å². The molecule has 166 valence electrons. The molecule has 3 aromatic rings. The molecule has 1 amide bonds. The third-order valence-corrected chi connectivity index (χ3v) is 6.39. The van der Waals surface area contributed by atoms with Crippen LogP contribution >= 0.6 is 0 Å². The molecule has 0 spiro atoms. The van der Waals surface area contributed by atoms with E-state index in [1.54, 1.807) is 36.1 Å². The maximum Gasteiger partial charge on any atom is 0.339 e. The van der Waals surface area contributed by atoms with Gasteiger partial charge in [-0.05, 0) is 29.7 Å². The van der Waals surface area contributed by atoms with Crippen molar-refractivity contribution in [3.8, 4) is 0 Å². The fraction of sp³-hybridized carbons (Fsp3) is 0.231. The number of ether oxygens (including phenoxy) is 1. The number of rotatable bonds is 10. The monoisotopic (exact) mass is 449 g/mol.